The van der Waals surface area contributed by atoms with Gasteiger partial charge in [-0.2, -0.15) is 0 Å². The van der Waals surface area contributed by atoms with E-state index in [2.05, 4.69) is 16.0 Å². The molecule has 0 atom stereocenters. The molecule has 3 rings (SSSR count). The summed E-state index contributed by atoms with van der Waals surface area (Å²) in [7, 11) is 0. The van der Waals surface area contributed by atoms with Crippen molar-refractivity contribution >= 4 is 23.3 Å². The van der Waals surface area contributed by atoms with E-state index in [-0.39, 0.29) is 30.3 Å². The number of nitrogens with one attached hydrogen (secondary N) is 3. The Hall–Kier alpha value is -3.74. The lowest BCUT2D eigenvalue weighted by atomic mass is 10.2. The lowest BCUT2D eigenvalue weighted by molar-refractivity contribution is 0.0993. The number of urea groups is 1. The quantitative estimate of drug-likeness (QED) is 0.545. The van der Waals surface area contributed by atoms with Crippen molar-refractivity contribution in [3.8, 4) is 5.75 Å². The fourth-order valence-electron chi connectivity index (χ4n) is 2.58. The van der Waals surface area contributed by atoms with Crippen LogP contribution in [0, 0.1) is 0 Å². The molecule has 0 fully saturated rings. The van der Waals surface area contributed by atoms with Crippen molar-refractivity contribution in [2.45, 2.75) is 26.5 Å². The first kappa shape index (κ1) is 20.0. The van der Waals surface area contributed by atoms with Gasteiger partial charge in [-0.05, 0) is 56.3 Å². The van der Waals surface area contributed by atoms with Gasteiger partial charge in [-0.25, -0.2) is 4.79 Å². The van der Waals surface area contributed by atoms with E-state index in [4.69, 9.17) is 9.15 Å². The minimum Gasteiger partial charge on any atom is -0.489 e. The summed E-state index contributed by atoms with van der Waals surface area (Å²) in [5.41, 5.74) is 1.85. The third-order valence-corrected chi connectivity index (χ3v) is 3.91. The molecule has 7 heteroatoms. The van der Waals surface area contributed by atoms with E-state index in [9.17, 15) is 9.59 Å². The molecule has 2 aromatic carbocycles. The third kappa shape index (κ3) is 5.87. The maximum Gasteiger partial charge on any atom is 0.319 e. The number of anilines is 2. The average Bonchev–Trinajstić information content (AvgIpc) is 3.17. The number of furan rings is 1. The molecule has 150 valence electrons. The zero-order chi connectivity index (χ0) is 20.6. The smallest absolute Gasteiger partial charge is 0.319 e. The van der Waals surface area contributed by atoms with Crippen LogP contribution >= 0.6 is 0 Å². The lowest BCUT2D eigenvalue weighted by Crippen LogP contribution is -2.34. The summed E-state index contributed by atoms with van der Waals surface area (Å²) < 4.78 is 11.0. The molecule has 1 heterocycles. The Bertz CT molecular complexity index is 950. The highest BCUT2D eigenvalue weighted by Crippen LogP contribution is 2.19. The number of hydrogen-bond donors (Lipinski definition) is 3. The second-order valence-electron chi connectivity index (χ2n) is 6.66. The fraction of sp³-hybridized carbons (Fsp3) is 0.182. The van der Waals surface area contributed by atoms with Crippen molar-refractivity contribution in [1.29, 1.82) is 0 Å². The van der Waals surface area contributed by atoms with Crippen LogP contribution in [0.25, 0.3) is 0 Å². The summed E-state index contributed by atoms with van der Waals surface area (Å²) in [6.07, 6.45) is 1.46. The minimum absolute atomic E-state index is 0.0434. The summed E-state index contributed by atoms with van der Waals surface area (Å²) in [5.74, 6) is 0.531. The van der Waals surface area contributed by atoms with E-state index in [1.165, 1.54) is 6.26 Å². The molecule has 7 nitrogen and oxygen atoms in total. The SMILES string of the molecule is CC(C)NC(=O)Nc1ccc(NC(=O)c2occc2COc2ccccc2)cc1. The number of ether oxygens (including phenoxy) is 1. The molecule has 3 N–H and O–H groups in total. The monoisotopic (exact) mass is 393 g/mol. The molecule has 0 saturated heterocycles. The number of benzene rings is 2. The number of hydrogen-bond acceptors (Lipinski definition) is 4. The van der Waals surface area contributed by atoms with Crippen LogP contribution in [0.5, 0.6) is 5.75 Å². The van der Waals surface area contributed by atoms with Crippen LogP contribution in [-0.4, -0.2) is 18.0 Å². The minimum atomic E-state index is -0.375. The van der Waals surface area contributed by atoms with E-state index in [0.717, 1.165) is 0 Å². The van der Waals surface area contributed by atoms with Crippen LogP contribution in [0.3, 0.4) is 0 Å². The predicted octanol–water partition coefficient (Wildman–Crippen LogP) is 4.64. The van der Waals surface area contributed by atoms with Gasteiger partial charge in [0, 0.05) is 23.0 Å². The molecular weight excluding hydrogens is 370 g/mol. The summed E-state index contributed by atoms with van der Waals surface area (Å²) in [4.78, 5) is 24.3. The number of rotatable bonds is 7. The van der Waals surface area contributed by atoms with Crippen LogP contribution < -0.4 is 20.7 Å². The zero-order valence-corrected chi connectivity index (χ0v) is 16.3. The van der Waals surface area contributed by atoms with Crippen LogP contribution in [-0.2, 0) is 6.61 Å². The van der Waals surface area contributed by atoms with Gasteiger partial charge in [0.15, 0.2) is 5.76 Å². The molecule has 0 saturated carbocycles. The lowest BCUT2D eigenvalue weighted by Gasteiger charge is -2.11. The summed E-state index contributed by atoms with van der Waals surface area (Å²) in [5, 5.41) is 8.25. The van der Waals surface area contributed by atoms with Gasteiger partial charge < -0.3 is 25.1 Å². The van der Waals surface area contributed by atoms with Gasteiger partial charge in [0.2, 0.25) is 0 Å². The summed E-state index contributed by atoms with van der Waals surface area (Å²) in [6.45, 7) is 3.98. The van der Waals surface area contributed by atoms with Crippen molar-refractivity contribution in [3.05, 3.63) is 78.3 Å². The second-order valence-corrected chi connectivity index (χ2v) is 6.66. The normalized spacial score (nSPS) is 10.4. The highest BCUT2D eigenvalue weighted by molar-refractivity contribution is 6.03. The van der Waals surface area contributed by atoms with Gasteiger partial charge in [-0.3, -0.25) is 4.79 Å². The molecule has 0 spiro atoms. The van der Waals surface area contributed by atoms with Crippen LogP contribution in [0.4, 0.5) is 16.2 Å². The Morgan fingerprint density at radius 3 is 2.24 bits per heavy atom. The number of carbonyl (C=O) groups excluding carboxylic acids is 2. The van der Waals surface area contributed by atoms with E-state index >= 15 is 0 Å². The van der Waals surface area contributed by atoms with E-state index < -0.39 is 0 Å². The molecule has 1 aromatic heterocycles. The Morgan fingerprint density at radius 2 is 1.59 bits per heavy atom. The second kappa shape index (κ2) is 9.45. The largest absolute Gasteiger partial charge is 0.489 e. The Morgan fingerprint density at radius 1 is 0.931 bits per heavy atom. The van der Waals surface area contributed by atoms with E-state index in [0.29, 0.717) is 22.7 Å². The van der Waals surface area contributed by atoms with Crippen molar-refractivity contribution in [2.24, 2.45) is 0 Å². The van der Waals surface area contributed by atoms with Crippen molar-refractivity contribution in [2.75, 3.05) is 10.6 Å². The molecular formula is C22H23N3O4. The number of carbonyl (C=O) groups is 2. The first-order chi connectivity index (χ1) is 14.0. The van der Waals surface area contributed by atoms with Crippen LogP contribution in [0.15, 0.2) is 71.3 Å². The third-order valence-electron chi connectivity index (χ3n) is 3.91. The zero-order valence-electron chi connectivity index (χ0n) is 16.3. The highest BCUT2D eigenvalue weighted by atomic mass is 16.5. The van der Waals surface area contributed by atoms with Gasteiger partial charge in [-0.1, -0.05) is 18.2 Å². The van der Waals surface area contributed by atoms with Crippen LogP contribution in [0.1, 0.15) is 30.0 Å². The summed E-state index contributed by atoms with van der Waals surface area (Å²) >= 11 is 0. The number of para-hydroxylation sites is 1. The Labute approximate surface area is 169 Å². The first-order valence-electron chi connectivity index (χ1n) is 9.24. The maximum atomic E-state index is 12.6. The van der Waals surface area contributed by atoms with E-state index in [1.807, 2.05) is 44.2 Å². The molecule has 0 bridgehead atoms. The van der Waals surface area contributed by atoms with Gasteiger partial charge in [0.25, 0.3) is 5.91 Å². The fourth-order valence-corrected chi connectivity index (χ4v) is 2.58. The maximum absolute atomic E-state index is 12.6. The predicted molar refractivity (Wildman–Crippen MR) is 111 cm³/mol. The van der Waals surface area contributed by atoms with E-state index in [1.54, 1.807) is 30.3 Å². The van der Waals surface area contributed by atoms with Crippen molar-refractivity contribution in [1.82, 2.24) is 5.32 Å². The molecule has 29 heavy (non-hydrogen) atoms. The average molecular weight is 393 g/mol. The molecule has 0 unspecified atom stereocenters. The standard InChI is InChI=1S/C22H23N3O4/c1-15(2)23-22(27)25-18-10-8-17(9-11-18)24-21(26)20-16(12-13-28-20)14-29-19-6-4-3-5-7-19/h3-13,15H,14H2,1-2H3,(H,24,26)(H2,23,25,27). The molecule has 0 radical (unpaired) electrons. The van der Waals surface area contributed by atoms with Crippen molar-refractivity contribution in [3.63, 3.8) is 0 Å². The Kier molecular flexibility index (Phi) is 6.52. The molecule has 0 aliphatic carbocycles. The van der Waals surface area contributed by atoms with Gasteiger partial charge in [0.05, 0.1) is 6.26 Å². The molecule has 0 aliphatic rings. The van der Waals surface area contributed by atoms with Gasteiger partial charge in [-0.15, -0.1) is 0 Å². The summed E-state index contributed by atoms with van der Waals surface area (Å²) in [6, 6.07) is 17.6. The Balaban J connectivity index is 1.58. The van der Waals surface area contributed by atoms with Crippen LogP contribution in [0.2, 0.25) is 0 Å². The highest BCUT2D eigenvalue weighted by Gasteiger charge is 2.16. The molecule has 0 aliphatic heterocycles. The van der Waals surface area contributed by atoms with Crippen molar-refractivity contribution < 1.29 is 18.7 Å². The number of amides is 3. The van der Waals surface area contributed by atoms with Gasteiger partial charge in [0.1, 0.15) is 12.4 Å². The van der Waals surface area contributed by atoms with Gasteiger partial charge >= 0.3 is 6.03 Å². The molecule has 3 amide bonds. The molecule has 3 aromatic rings. The topological polar surface area (TPSA) is 92.6 Å². The first-order valence-corrected chi connectivity index (χ1v) is 9.24.